The number of ketones is 1. The van der Waals surface area contributed by atoms with E-state index >= 15 is 0 Å². The van der Waals surface area contributed by atoms with Crippen molar-refractivity contribution in [3.63, 3.8) is 0 Å². The summed E-state index contributed by atoms with van der Waals surface area (Å²) < 4.78 is 0. The minimum Gasteiger partial charge on any atom is -0.393 e. The van der Waals surface area contributed by atoms with E-state index in [1.807, 2.05) is 18.2 Å². The number of Topliss-reactive ketones (excluding diaryl/α,β-unsaturated/α-hetero) is 1. The molecule has 0 saturated carbocycles. The van der Waals surface area contributed by atoms with Crippen LogP contribution in [0.2, 0.25) is 0 Å². The summed E-state index contributed by atoms with van der Waals surface area (Å²) in [4.78, 5) is 11.7. The summed E-state index contributed by atoms with van der Waals surface area (Å²) in [6.07, 6.45) is 3.75. The molecular formula is C14H20O2. The fraction of sp³-hybridized carbons (Fsp3) is 0.500. The van der Waals surface area contributed by atoms with Crippen LogP contribution in [0.4, 0.5) is 0 Å². The highest BCUT2D eigenvalue weighted by atomic mass is 16.3. The fourth-order valence-electron chi connectivity index (χ4n) is 1.69. The first-order valence-electron chi connectivity index (χ1n) is 6.00. The van der Waals surface area contributed by atoms with Crippen LogP contribution in [0.3, 0.4) is 0 Å². The Bertz CT molecular complexity index is 306. The molecule has 0 aliphatic rings. The maximum atomic E-state index is 11.7. The highest BCUT2D eigenvalue weighted by molar-refractivity contribution is 5.96. The summed E-state index contributed by atoms with van der Waals surface area (Å²) in [6, 6.07) is 9.16. The zero-order chi connectivity index (χ0) is 11.8. The van der Waals surface area contributed by atoms with Crippen LogP contribution in [-0.4, -0.2) is 17.0 Å². The largest absolute Gasteiger partial charge is 0.393 e. The van der Waals surface area contributed by atoms with Crippen molar-refractivity contribution in [1.29, 1.82) is 0 Å². The van der Waals surface area contributed by atoms with Crippen molar-refractivity contribution in [2.45, 2.75) is 45.1 Å². The van der Waals surface area contributed by atoms with Gasteiger partial charge in [0.05, 0.1) is 6.10 Å². The van der Waals surface area contributed by atoms with Crippen molar-refractivity contribution in [2.75, 3.05) is 0 Å². The van der Waals surface area contributed by atoms with Gasteiger partial charge in [-0.3, -0.25) is 4.79 Å². The van der Waals surface area contributed by atoms with Crippen LogP contribution in [0, 0.1) is 0 Å². The van der Waals surface area contributed by atoms with E-state index in [1.54, 1.807) is 12.1 Å². The normalized spacial score (nSPS) is 12.4. The van der Waals surface area contributed by atoms with Crippen molar-refractivity contribution < 1.29 is 9.90 Å². The summed E-state index contributed by atoms with van der Waals surface area (Å²) in [5, 5.41) is 9.69. The minimum atomic E-state index is -0.487. The number of aliphatic hydroxyl groups is 1. The van der Waals surface area contributed by atoms with E-state index in [2.05, 4.69) is 6.92 Å². The Hall–Kier alpha value is -1.15. The van der Waals surface area contributed by atoms with Crippen LogP contribution >= 0.6 is 0 Å². The second-order valence-corrected chi connectivity index (χ2v) is 4.14. The van der Waals surface area contributed by atoms with Gasteiger partial charge in [0.25, 0.3) is 0 Å². The van der Waals surface area contributed by atoms with Crippen LogP contribution in [0.1, 0.15) is 49.4 Å². The van der Waals surface area contributed by atoms with Crippen molar-refractivity contribution in [2.24, 2.45) is 0 Å². The van der Waals surface area contributed by atoms with E-state index in [0.717, 1.165) is 25.7 Å². The van der Waals surface area contributed by atoms with Gasteiger partial charge in [-0.2, -0.15) is 0 Å². The SMILES string of the molecule is CCCCCC(O)CC(=O)c1ccccc1. The third-order valence-electron chi connectivity index (χ3n) is 2.66. The molecule has 2 heteroatoms. The molecular weight excluding hydrogens is 200 g/mol. The molecule has 1 N–H and O–H groups in total. The van der Waals surface area contributed by atoms with Crippen molar-refractivity contribution in [3.05, 3.63) is 35.9 Å². The Morgan fingerprint density at radius 2 is 1.94 bits per heavy atom. The van der Waals surface area contributed by atoms with Gasteiger partial charge in [-0.25, -0.2) is 0 Å². The zero-order valence-electron chi connectivity index (χ0n) is 9.86. The number of unbranched alkanes of at least 4 members (excludes halogenated alkanes) is 2. The van der Waals surface area contributed by atoms with E-state index in [0.29, 0.717) is 5.56 Å². The van der Waals surface area contributed by atoms with Crippen molar-refractivity contribution in [3.8, 4) is 0 Å². The highest BCUT2D eigenvalue weighted by Gasteiger charge is 2.11. The van der Waals surface area contributed by atoms with Crippen molar-refractivity contribution >= 4 is 5.78 Å². The number of carbonyl (C=O) groups is 1. The molecule has 0 amide bonds. The van der Waals surface area contributed by atoms with Crippen LogP contribution in [0.15, 0.2) is 30.3 Å². The van der Waals surface area contributed by atoms with Crippen LogP contribution in [0.25, 0.3) is 0 Å². The molecule has 1 aromatic carbocycles. The third-order valence-corrected chi connectivity index (χ3v) is 2.66. The predicted octanol–water partition coefficient (Wildman–Crippen LogP) is 3.20. The average molecular weight is 220 g/mol. The Balaban J connectivity index is 2.34. The zero-order valence-corrected chi connectivity index (χ0v) is 9.86. The molecule has 1 rings (SSSR count). The summed E-state index contributed by atoms with van der Waals surface area (Å²) in [5.74, 6) is 0.0320. The minimum absolute atomic E-state index is 0.0320. The number of carbonyl (C=O) groups excluding carboxylic acids is 1. The molecule has 0 aliphatic heterocycles. The maximum absolute atomic E-state index is 11.7. The fourth-order valence-corrected chi connectivity index (χ4v) is 1.69. The monoisotopic (exact) mass is 220 g/mol. The number of hydrogen-bond acceptors (Lipinski definition) is 2. The maximum Gasteiger partial charge on any atom is 0.165 e. The summed E-state index contributed by atoms with van der Waals surface area (Å²) in [7, 11) is 0. The standard InChI is InChI=1S/C14H20O2/c1-2-3-5-10-13(15)11-14(16)12-8-6-4-7-9-12/h4,6-9,13,15H,2-3,5,10-11H2,1H3. The Morgan fingerprint density at radius 1 is 1.25 bits per heavy atom. The molecule has 16 heavy (non-hydrogen) atoms. The van der Waals surface area contributed by atoms with E-state index in [4.69, 9.17) is 0 Å². The molecule has 0 aliphatic carbocycles. The molecule has 88 valence electrons. The van der Waals surface area contributed by atoms with Crippen molar-refractivity contribution in [1.82, 2.24) is 0 Å². The number of benzene rings is 1. The Kier molecular flexibility index (Phi) is 5.79. The number of aliphatic hydroxyl groups excluding tert-OH is 1. The molecule has 0 aromatic heterocycles. The van der Waals surface area contributed by atoms with Gasteiger partial charge < -0.3 is 5.11 Å². The molecule has 2 nitrogen and oxygen atoms in total. The van der Waals surface area contributed by atoms with Crippen LogP contribution < -0.4 is 0 Å². The van der Waals surface area contributed by atoms with Gasteiger partial charge in [0.1, 0.15) is 0 Å². The highest BCUT2D eigenvalue weighted by Crippen LogP contribution is 2.10. The van der Waals surface area contributed by atoms with E-state index in [-0.39, 0.29) is 12.2 Å². The second-order valence-electron chi connectivity index (χ2n) is 4.14. The molecule has 0 radical (unpaired) electrons. The van der Waals surface area contributed by atoms with E-state index < -0.39 is 6.10 Å². The molecule has 0 fully saturated rings. The molecule has 1 atom stereocenters. The van der Waals surface area contributed by atoms with Crippen LogP contribution in [-0.2, 0) is 0 Å². The molecule has 0 bridgehead atoms. The van der Waals surface area contributed by atoms with Gasteiger partial charge in [0.2, 0.25) is 0 Å². The average Bonchev–Trinajstić information content (AvgIpc) is 2.30. The lowest BCUT2D eigenvalue weighted by atomic mass is 10.0. The number of rotatable bonds is 7. The van der Waals surface area contributed by atoms with Gasteiger partial charge in [-0.05, 0) is 6.42 Å². The molecule has 0 heterocycles. The van der Waals surface area contributed by atoms with Gasteiger partial charge in [-0.15, -0.1) is 0 Å². The van der Waals surface area contributed by atoms with Gasteiger partial charge in [0.15, 0.2) is 5.78 Å². The molecule has 0 saturated heterocycles. The Labute approximate surface area is 97.3 Å². The molecule has 1 aromatic rings. The third kappa shape index (κ3) is 4.58. The lowest BCUT2D eigenvalue weighted by Crippen LogP contribution is -2.13. The quantitative estimate of drug-likeness (QED) is 0.566. The lowest BCUT2D eigenvalue weighted by molar-refractivity contribution is 0.0864. The number of hydrogen-bond donors (Lipinski definition) is 1. The summed E-state index contributed by atoms with van der Waals surface area (Å²) in [5.41, 5.74) is 0.692. The summed E-state index contributed by atoms with van der Waals surface area (Å²) in [6.45, 7) is 2.13. The second kappa shape index (κ2) is 7.18. The molecule has 1 unspecified atom stereocenters. The van der Waals surface area contributed by atoms with Crippen LogP contribution in [0.5, 0.6) is 0 Å². The lowest BCUT2D eigenvalue weighted by Gasteiger charge is -2.09. The first-order valence-corrected chi connectivity index (χ1v) is 6.00. The summed E-state index contributed by atoms with van der Waals surface area (Å²) >= 11 is 0. The predicted molar refractivity (Wildman–Crippen MR) is 65.5 cm³/mol. The van der Waals surface area contributed by atoms with E-state index in [1.165, 1.54) is 0 Å². The van der Waals surface area contributed by atoms with Gasteiger partial charge >= 0.3 is 0 Å². The Morgan fingerprint density at radius 3 is 2.56 bits per heavy atom. The van der Waals surface area contributed by atoms with Gasteiger partial charge in [-0.1, -0.05) is 56.5 Å². The molecule has 0 spiro atoms. The van der Waals surface area contributed by atoms with Gasteiger partial charge in [0, 0.05) is 12.0 Å². The first kappa shape index (κ1) is 12.9. The first-order chi connectivity index (χ1) is 7.74. The topological polar surface area (TPSA) is 37.3 Å². The smallest absolute Gasteiger partial charge is 0.165 e. The van der Waals surface area contributed by atoms with E-state index in [9.17, 15) is 9.90 Å².